The van der Waals surface area contributed by atoms with Crippen molar-refractivity contribution < 1.29 is 33.6 Å². The summed E-state index contributed by atoms with van der Waals surface area (Å²) in [6.45, 7) is 6.00. The fraction of sp³-hybridized carbons (Fsp3) is 0.429. The van der Waals surface area contributed by atoms with Gasteiger partial charge in [0.25, 0.3) is 11.7 Å². The van der Waals surface area contributed by atoms with Crippen LogP contribution in [-0.2, 0) is 14.3 Å². The molecule has 9 heteroatoms. The van der Waals surface area contributed by atoms with Gasteiger partial charge in [0.05, 0.1) is 46.2 Å². The van der Waals surface area contributed by atoms with E-state index in [1.807, 2.05) is 6.92 Å². The molecule has 37 heavy (non-hydrogen) atoms. The largest absolute Gasteiger partial charge is 0.507 e. The van der Waals surface area contributed by atoms with Gasteiger partial charge in [0.15, 0.2) is 0 Å². The number of benzene rings is 2. The maximum Gasteiger partial charge on any atom is 0.295 e. The normalized spacial score (nSPS) is 19.8. The Labute approximate surface area is 217 Å². The summed E-state index contributed by atoms with van der Waals surface area (Å²) < 4.78 is 21.8. The van der Waals surface area contributed by atoms with Crippen molar-refractivity contribution in [1.82, 2.24) is 9.80 Å². The minimum absolute atomic E-state index is 0.0208. The van der Waals surface area contributed by atoms with Crippen LogP contribution in [-0.4, -0.2) is 87.3 Å². The van der Waals surface area contributed by atoms with E-state index in [0.717, 1.165) is 25.2 Å². The van der Waals surface area contributed by atoms with Gasteiger partial charge in [0.2, 0.25) is 0 Å². The first-order chi connectivity index (χ1) is 17.9. The summed E-state index contributed by atoms with van der Waals surface area (Å²) in [4.78, 5) is 30.6. The molecule has 0 spiro atoms. The van der Waals surface area contributed by atoms with Crippen molar-refractivity contribution in [2.45, 2.75) is 19.4 Å². The monoisotopic (exact) mass is 510 g/mol. The Morgan fingerprint density at radius 3 is 2.32 bits per heavy atom. The van der Waals surface area contributed by atoms with E-state index in [1.54, 1.807) is 50.6 Å². The number of nitrogens with zero attached hydrogens (tertiary/aromatic N) is 2. The Kier molecular flexibility index (Phi) is 8.35. The molecule has 9 nitrogen and oxygen atoms in total. The average Bonchev–Trinajstić information content (AvgIpc) is 3.17. The molecular weight excluding hydrogens is 476 g/mol. The minimum atomic E-state index is -0.836. The number of methoxy groups -OCH3 is 3. The Morgan fingerprint density at radius 1 is 0.973 bits per heavy atom. The molecule has 2 saturated heterocycles. The molecule has 1 atom stereocenters. The molecule has 1 unspecified atom stereocenters. The fourth-order valence-electron chi connectivity index (χ4n) is 4.96. The Balaban J connectivity index is 1.77. The maximum absolute atomic E-state index is 13.4. The first kappa shape index (κ1) is 26.5. The summed E-state index contributed by atoms with van der Waals surface area (Å²) in [5.74, 6) is 0.0781. The van der Waals surface area contributed by atoms with E-state index >= 15 is 0 Å². The lowest BCUT2D eigenvalue weighted by atomic mass is 9.94. The molecule has 0 saturated carbocycles. The summed E-state index contributed by atoms with van der Waals surface area (Å²) in [5, 5.41) is 11.4. The van der Waals surface area contributed by atoms with Gasteiger partial charge >= 0.3 is 0 Å². The lowest BCUT2D eigenvalue weighted by molar-refractivity contribution is -0.140. The van der Waals surface area contributed by atoms with Crippen LogP contribution in [0.4, 0.5) is 0 Å². The maximum atomic E-state index is 13.4. The van der Waals surface area contributed by atoms with Gasteiger partial charge in [-0.3, -0.25) is 14.5 Å². The van der Waals surface area contributed by atoms with E-state index in [9.17, 15) is 14.7 Å². The van der Waals surface area contributed by atoms with E-state index in [1.165, 1.54) is 12.0 Å². The number of Topliss-reactive ketones (excluding diaryl/α,β-unsaturated/α-hetero) is 1. The van der Waals surface area contributed by atoms with Crippen molar-refractivity contribution in [2.75, 3.05) is 60.7 Å². The second-order valence-electron chi connectivity index (χ2n) is 9.09. The van der Waals surface area contributed by atoms with Crippen LogP contribution in [0.15, 0.2) is 42.0 Å². The van der Waals surface area contributed by atoms with Gasteiger partial charge in [0, 0.05) is 37.3 Å². The van der Waals surface area contributed by atoms with E-state index in [-0.39, 0.29) is 11.3 Å². The summed E-state index contributed by atoms with van der Waals surface area (Å²) in [5.41, 5.74) is 1.81. The third-order valence-electron chi connectivity index (χ3n) is 6.92. The number of hydrogen-bond donors (Lipinski definition) is 1. The number of aryl methyl sites for hydroxylation is 1. The molecule has 0 radical (unpaired) electrons. The van der Waals surface area contributed by atoms with Gasteiger partial charge < -0.3 is 29.0 Å². The van der Waals surface area contributed by atoms with Crippen LogP contribution in [0, 0.1) is 6.92 Å². The molecule has 0 aliphatic carbocycles. The van der Waals surface area contributed by atoms with Crippen molar-refractivity contribution >= 4 is 17.4 Å². The smallest absolute Gasteiger partial charge is 0.295 e. The first-order valence-corrected chi connectivity index (χ1v) is 12.3. The molecule has 1 N–H and O–H groups in total. The molecule has 0 aromatic heterocycles. The number of hydrogen-bond acceptors (Lipinski definition) is 8. The molecule has 0 bridgehead atoms. The molecule has 1 amide bonds. The van der Waals surface area contributed by atoms with Gasteiger partial charge in [-0.25, -0.2) is 0 Å². The number of likely N-dealkylation sites (tertiary alicyclic amines) is 1. The highest BCUT2D eigenvalue weighted by Gasteiger charge is 2.47. The third kappa shape index (κ3) is 5.42. The zero-order valence-electron chi connectivity index (χ0n) is 21.8. The van der Waals surface area contributed by atoms with Gasteiger partial charge in [-0.1, -0.05) is 0 Å². The van der Waals surface area contributed by atoms with Crippen LogP contribution in [0.2, 0.25) is 0 Å². The topological polar surface area (TPSA) is 97.8 Å². The number of morpholine rings is 1. The van der Waals surface area contributed by atoms with E-state index < -0.39 is 17.7 Å². The predicted octanol–water partition coefficient (Wildman–Crippen LogP) is 3.16. The lowest BCUT2D eigenvalue weighted by Crippen LogP contribution is -2.39. The average molecular weight is 511 g/mol. The molecular formula is C28H34N2O7. The van der Waals surface area contributed by atoms with Gasteiger partial charge in [-0.05, 0) is 55.3 Å². The van der Waals surface area contributed by atoms with Crippen LogP contribution in [0.3, 0.4) is 0 Å². The molecule has 2 heterocycles. The summed E-state index contributed by atoms with van der Waals surface area (Å²) in [7, 11) is 4.65. The highest BCUT2D eigenvalue weighted by atomic mass is 16.5. The number of aliphatic hydroxyl groups excluding tert-OH is 1. The quantitative estimate of drug-likeness (QED) is 0.312. The number of ether oxygens (including phenoxy) is 4. The van der Waals surface area contributed by atoms with Crippen molar-refractivity contribution in [3.05, 3.63) is 58.7 Å². The Bertz CT molecular complexity index is 1190. The minimum Gasteiger partial charge on any atom is -0.507 e. The molecule has 2 aromatic rings. The number of aliphatic hydroxyl groups is 1. The second-order valence-corrected chi connectivity index (χ2v) is 9.09. The summed E-state index contributed by atoms with van der Waals surface area (Å²) >= 11 is 0. The van der Waals surface area contributed by atoms with E-state index in [2.05, 4.69) is 4.90 Å². The van der Waals surface area contributed by atoms with Crippen LogP contribution >= 0.6 is 0 Å². The standard InChI is InChI=1S/C28H34N2O7/c1-18-16-19(6-8-22(18)35-3)26(31)24-25(21-17-20(34-2)7-9-23(21)36-4)30(28(33)27(24)32)11-5-10-29-12-14-37-15-13-29/h6-9,16-17,25,31H,5,10-15H2,1-4H3/b26-24-. The summed E-state index contributed by atoms with van der Waals surface area (Å²) in [6, 6.07) is 9.53. The van der Waals surface area contributed by atoms with Crippen molar-refractivity contribution in [2.24, 2.45) is 0 Å². The summed E-state index contributed by atoms with van der Waals surface area (Å²) in [6.07, 6.45) is 0.664. The van der Waals surface area contributed by atoms with E-state index in [4.69, 9.17) is 18.9 Å². The number of rotatable bonds is 9. The lowest BCUT2D eigenvalue weighted by Gasteiger charge is -2.29. The van der Waals surface area contributed by atoms with Crippen molar-refractivity contribution in [3.63, 3.8) is 0 Å². The molecule has 2 fully saturated rings. The van der Waals surface area contributed by atoms with Crippen molar-refractivity contribution in [3.8, 4) is 17.2 Å². The second kappa shape index (κ2) is 11.7. The highest BCUT2D eigenvalue weighted by molar-refractivity contribution is 6.46. The Hall–Kier alpha value is -3.56. The van der Waals surface area contributed by atoms with Crippen molar-refractivity contribution in [1.29, 1.82) is 0 Å². The molecule has 4 rings (SSSR count). The third-order valence-corrected chi connectivity index (χ3v) is 6.92. The molecule has 2 aliphatic rings. The molecule has 2 aromatic carbocycles. The van der Waals surface area contributed by atoms with Crippen LogP contribution in [0.5, 0.6) is 17.2 Å². The van der Waals surface area contributed by atoms with Gasteiger partial charge in [-0.2, -0.15) is 0 Å². The molecule has 198 valence electrons. The zero-order valence-corrected chi connectivity index (χ0v) is 21.8. The van der Waals surface area contributed by atoms with E-state index in [0.29, 0.717) is 54.6 Å². The number of carbonyl (C=O) groups is 2. The predicted molar refractivity (Wildman–Crippen MR) is 138 cm³/mol. The first-order valence-electron chi connectivity index (χ1n) is 12.3. The Morgan fingerprint density at radius 2 is 1.68 bits per heavy atom. The molecule has 2 aliphatic heterocycles. The SMILES string of the molecule is COc1ccc(OC)c(C2/C(=C(/O)c3ccc(OC)c(C)c3)C(=O)C(=O)N2CCCN2CCOCC2)c1. The van der Waals surface area contributed by atoms with Crippen LogP contribution in [0.25, 0.3) is 5.76 Å². The number of ketones is 1. The number of carbonyl (C=O) groups excluding carboxylic acids is 2. The van der Waals surface area contributed by atoms with Crippen LogP contribution < -0.4 is 14.2 Å². The van der Waals surface area contributed by atoms with Crippen LogP contribution in [0.1, 0.15) is 29.2 Å². The highest BCUT2D eigenvalue weighted by Crippen LogP contribution is 2.44. The zero-order chi connectivity index (χ0) is 26.5. The number of amides is 1. The fourth-order valence-corrected chi connectivity index (χ4v) is 4.96. The van der Waals surface area contributed by atoms with Gasteiger partial charge in [-0.15, -0.1) is 0 Å². The van der Waals surface area contributed by atoms with Gasteiger partial charge in [0.1, 0.15) is 23.0 Å².